The van der Waals surface area contributed by atoms with Crippen LogP contribution < -0.4 is 10.5 Å². The number of benzene rings is 2. The molecule has 0 radical (unpaired) electrons. The highest BCUT2D eigenvalue weighted by molar-refractivity contribution is 7.89. The van der Waals surface area contributed by atoms with Crippen molar-refractivity contribution < 1.29 is 27.1 Å². The maximum absolute atomic E-state index is 14.2. The summed E-state index contributed by atoms with van der Waals surface area (Å²) in [5.41, 5.74) is 6.62. The lowest BCUT2D eigenvalue weighted by atomic mass is 10.1. The predicted molar refractivity (Wildman–Crippen MR) is 135 cm³/mol. The lowest BCUT2D eigenvalue weighted by molar-refractivity contribution is -0.0249. The van der Waals surface area contributed by atoms with Gasteiger partial charge in [0.25, 0.3) is 5.91 Å². The van der Waals surface area contributed by atoms with Crippen molar-refractivity contribution in [1.82, 2.24) is 14.3 Å². The van der Waals surface area contributed by atoms with E-state index in [9.17, 15) is 17.6 Å². The number of rotatable bonds is 7. The van der Waals surface area contributed by atoms with Crippen molar-refractivity contribution in [1.29, 1.82) is 0 Å². The Labute approximate surface area is 217 Å². The van der Waals surface area contributed by atoms with Gasteiger partial charge in [-0.15, -0.1) is 0 Å². The van der Waals surface area contributed by atoms with E-state index in [0.717, 1.165) is 0 Å². The van der Waals surface area contributed by atoms with Gasteiger partial charge < -0.3 is 20.2 Å². The molecule has 1 atom stereocenters. The Hall–Kier alpha value is -3.51. The van der Waals surface area contributed by atoms with Crippen LogP contribution in [0.25, 0.3) is 22.0 Å². The third kappa shape index (κ3) is 5.03. The average Bonchev–Trinajstić information content (AvgIpc) is 3.28. The van der Waals surface area contributed by atoms with Crippen molar-refractivity contribution in [3.05, 3.63) is 77.5 Å². The molecule has 0 spiro atoms. The van der Waals surface area contributed by atoms with E-state index in [1.807, 2.05) is 0 Å². The summed E-state index contributed by atoms with van der Waals surface area (Å²) in [4.78, 5) is 18.8. The van der Waals surface area contributed by atoms with E-state index >= 15 is 0 Å². The van der Waals surface area contributed by atoms with Gasteiger partial charge in [0.05, 0.1) is 12.8 Å². The number of amides is 1. The molecule has 0 aliphatic carbocycles. The standard InChI is InChI=1S/C25H22ClFN4O5S/c26-16-5-6-22-20(10-16)24(23(30-22)25(28)32)37(33,34)31-7-8-35-18(13-31)14-36-17-9-15(11-29-12-17)19-3-1-2-4-21(19)27/h1-6,9-12,18,30H,7-8,13-14H2,(H2,28,32)/t18-/m0/s1. The number of H-pyrrole nitrogens is 1. The monoisotopic (exact) mass is 544 g/mol. The fraction of sp³-hybridized carbons (Fsp3) is 0.200. The fourth-order valence-corrected chi connectivity index (χ4v) is 6.22. The second-order valence-corrected chi connectivity index (χ2v) is 10.8. The summed E-state index contributed by atoms with van der Waals surface area (Å²) >= 11 is 6.10. The van der Waals surface area contributed by atoms with Gasteiger partial charge in [0.1, 0.15) is 34.9 Å². The lowest BCUT2D eigenvalue weighted by Gasteiger charge is -2.32. The van der Waals surface area contributed by atoms with Crippen LogP contribution in [-0.4, -0.2) is 61.0 Å². The van der Waals surface area contributed by atoms with Crippen LogP contribution in [0, 0.1) is 5.82 Å². The summed E-state index contributed by atoms with van der Waals surface area (Å²) < 4.78 is 54.3. The highest BCUT2D eigenvalue weighted by atomic mass is 35.5. The molecule has 192 valence electrons. The molecule has 3 heterocycles. The van der Waals surface area contributed by atoms with Crippen molar-refractivity contribution in [2.75, 3.05) is 26.3 Å². The van der Waals surface area contributed by atoms with Gasteiger partial charge in [0.15, 0.2) is 0 Å². The van der Waals surface area contributed by atoms with Crippen molar-refractivity contribution in [3.63, 3.8) is 0 Å². The molecule has 2 aromatic heterocycles. The normalized spacial score (nSPS) is 16.6. The SMILES string of the molecule is NC(=O)c1[nH]c2ccc(Cl)cc2c1S(=O)(=O)N1CCO[C@H](COc2cncc(-c3ccccc3F)c2)C1. The van der Waals surface area contributed by atoms with E-state index in [1.54, 1.807) is 36.4 Å². The summed E-state index contributed by atoms with van der Waals surface area (Å²) in [5, 5.41) is 0.593. The van der Waals surface area contributed by atoms with Crippen LogP contribution in [0.2, 0.25) is 5.02 Å². The number of aromatic nitrogens is 2. The number of nitrogens with two attached hydrogens (primary N) is 1. The summed E-state index contributed by atoms with van der Waals surface area (Å²) in [6.07, 6.45) is 2.41. The minimum atomic E-state index is -4.15. The maximum atomic E-state index is 14.2. The first-order valence-corrected chi connectivity index (χ1v) is 13.1. The number of primary amides is 1. The number of carbonyl (C=O) groups excluding carboxylic acids is 1. The Bertz CT molecular complexity index is 1590. The molecule has 1 amide bonds. The van der Waals surface area contributed by atoms with Crippen LogP contribution in [0.3, 0.4) is 0 Å². The molecular weight excluding hydrogens is 523 g/mol. The number of morpholine rings is 1. The molecule has 4 aromatic rings. The number of sulfonamides is 1. The first-order chi connectivity index (χ1) is 17.7. The van der Waals surface area contributed by atoms with Crippen molar-refractivity contribution in [2.24, 2.45) is 5.73 Å². The molecule has 37 heavy (non-hydrogen) atoms. The van der Waals surface area contributed by atoms with E-state index < -0.39 is 22.0 Å². The number of hydrogen-bond acceptors (Lipinski definition) is 6. The molecule has 2 aromatic carbocycles. The maximum Gasteiger partial charge on any atom is 0.266 e. The van der Waals surface area contributed by atoms with E-state index in [0.29, 0.717) is 27.4 Å². The van der Waals surface area contributed by atoms with Crippen LogP contribution >= 0.6 is 11.6 Å². The average molecular weight is 545 g/mol. The molecule has 0 saturated carbocycles. The zero-order chi connectivity index (χ0) is 26.2. The second-order valence-electron chi connectivity index (χ2n) is 8.44. The highest BCUT2D eigenvalue weighted by Crippen LogP contribution is 2.32. The van der Waals surface area contributed by atoms with E-state index in [2.05, 4.69) is 9.97 Å². The Morgan fingerprint density at radius 3 is 2.84 bits per heavy atom. The summed E-state index contributed by atoms with van der Waals surface area (Å²) in [6.45, 7) is 0.204. The number of nitrogens with one attached hydrogen (secondary N) is 1. The molecule has 1 fully saturated rings. The summed E-state index contributed by atoms with van der Waals surface area (Å²) in [6, 6.07) is 12.6. The van der Waals surface area contributed by atoms with Gasteiger partial charge in [-0.05, 0) is 30.3 Å². The molecule has 1 aliphatic heterocycles. The molecule has 0 unspecified atom stereocenters. The molecule has 9 nitrogen and oxygen atoms in total. The van der Waals surface area contributed by atoms with E-state index in [1.165, 1.54) is 28.8 Å². The largest absolute Gasteiger partial charge is 0.489 e. The topological polar surface area (TPSA) is 128 Å². The third-order valence-electron chi connectivity index (χ3n) is 5.99. The van der Waals surface area contributed by atoms with Gasteiger partial charge in [0, 0.05) is 46.3 Å². The summed E-state index contributed by atoms with van der Waals surface area (Å²) in [5.74, 6) is -0.903. The number of carbonyl (C=O) groups is 1. The van der Waals surface area contributed by atoms with Crippen LogP contribution in [0.1, 0.15) is 10.5 Å². The van der Waals surface area contributed by atoms with Gasteiger partial charge in [-0.1, -0.05) is 29.8 Å². The number of hydrogen-bond donors (Lipinski definition) is 2. The second kappa shape index (κ2) is 10.1. The van der Waals surface area contributed by atoms with E-state index in [-0.39, 0.29) is 48.1 Å². The van der Waals surface area contributed by atoms with Crippen molar-refractivity contribution in [2.45, 2.75) is 11.0 Å². The van der Waals surface area contributed by atoms with Crippen LogP contribution in [0.4, 0.5) is 4.39 Å². The first kappa shape index (κ1) is 25.2. The van der Waals surface area contributed by atoms with Crippen molar-refractivity contribution >= 4 is 38.4 Å². The Kier molecular flexibility index (Phi) is 6.86. The molecular formula is C25H22ClFN4O5S. The molecule has 12 heteroatoms. The molecule has 5 rings (SSSR count). The Balaban J connectivity index is 1.35. The molecule has 3 N–H and O–H groups in total. The number of fused-ring (bicyclic) bond motifs is 1. The van der Waals surface area contributed by atoms with E-state index in [4.69, 9.17) is 26.8 Å². The van der Waals surface area contributed by atoms with Crippen LogP contribution in [-0.2, 0) is 14.8 Å². The molecule has 1 aliphatic rings. The highest BCUT2D eigenvalue weighted by Gasteiger charge is 2.36. The number of nitrogens with zero attached hydrogens (tertiary/aromatic N) is 2. The first-order valence-electron chi connectivity index (χ1n) is 11.3. The van der Waals surface area contributed by atoms with Gasteiger partial charge in [-0.25, -0.2) is 12.8 Å². The number of ether oxygens (including phenoxy) is 2. The molecule has 1 saturated heterocycles. The Morgan fingerprint density at radius 2 is 2.05 bits per heavy atom. The van der Waals surface area contributed by atoms with Gasteiger partial charge >= 0.3 is 0 Å². The molecule has 0 bridgehead atoms. The summed E-state index contributed by atoms with van der Waals surface area (Å²) in [7, 11) is -4.15. The minimum absolute atomic E-state index is 0.0196. The van der Waals surface area contributed by atoms with Crippen LogP contribution in [0.5, 0.6) is 5.75 Å². The zero-order valence-corrected chi connectivity index (χ0v) is 20.9. The van der Waals surface area contributed by atoms with Crippen LogP contribution in [0.15, 0.2) is 65.8 Å². The smallest absolute Gasteiger partial charge is 0.266 e. The van der Waals surface area contributed by atoms with Gasteiger partial charge in [-0.3, -0.25) is 9.78 Å². The van der Waals surface area contributed by atoms with Crippen molar-refractivity contribution in [3.8, 4) is 16.9 Å². The lowest BCUT2D eigenvalue weighted by Crippen LogP contribution is -2.47. The predicted octanol–water partition coefficient (Wildman–Crippen LogP) is 3.59. The minimum Gasteiger partial charge on any atom is -0.489 e. The Morgan fingerprint density at radius 1 is 1.24 bits per heavy atom. The zero-order valence-electron chi connectivity index (χ0n) is 19.4. The quantitative estimate of drug-likeness (QED) is 0.366. The van der Waals surface area contributed by atoms with Gasteiger partial charge in [-0.2, -0.15) is 4.31 Å². The van der Waals surface area contributed by atoms with Gasteiger partial charge in [0.2, 0.25) is 10.0 Å². The third-order valence-corrected chi connectivity index (χ3v) is 8.18. The fourth-order valence-electron chi connectivity index (χ4n) is 4.25. The number of pyridine rings is 1. The number of aromatic amines is 1. The number of halogens is 2.